The molecule has 0 amide bonds. The Labute approximate surface area is 66.9 Å². The summed E-state index contributed by atoms with van der Waals surface area (Å²) in [6, 6.07) is 0. The van der Waals surface area contributed by atoms with Crippen LogP contribution >= 0.6 is 0 Å². The predicted octanol–water partition coefficient (Wildman–Crippen LogP) is 1.49. The third kappa shape index (κ3) is 0.926. The first-order valence-corrected chi connectivity index (χ1v) is 4.67. The monoisotopic (exact) mass is 154 g/mol. The van der Waals surface area contributed by atoms with Crippen LogP contribution in [0.3, 0.4) is 0 Å². The van der Waals surface area contributed by atoms with Crippen molar-refractivity contribution in [2.45, 2.75) is 49.9 Å². The van der Waals surface area contributed by atoms with Crippen LogP contribution in [0.4, 0.5) is 0 Å². The normalized spacial score (nSPS) is 54.5. The summed E-state index contributed by atoms with van der Waals surface area (Å²) in [4.78, 5) is 0. The van der Waals surface area contributed by atoms with Crippen LogP contribution in [0.5, 0.6) is 0 Å². The minimum absolute atomic E-state index is 0.262. The first kappa shape index (κ1) is 6.44. The molecule has 0 aromatic rings. The van der Waals surface area contributed by atoms with Gasteiger partial charge in [0, 0.05) is 13.0 Å². The lowest BCUT2D eigenvalue weighted by Crippen LogP contribution is -2.33. The molecule has 3 rings (SSSR count). The number of fused-ring (bicyclic) bond motifs is 1. The third-order valence-electron chi connectivity index (χ3n) is 3.33. The summed E-state index contributed by atoms with van der Waals surface area (Å²) in [5, 5.41) is 0. The first-order valence-electron chi connectivity index (χ1n) is 4.67. The summed E-state index contributed by atoms with van der Waals surface area (Å²) in [6.45, 7) is 0.984. The molecule has 0 aromatic heterocycles. The summed E-state index contributed by atoms with van der Waals surface area (Å²) in [5.74, 6) is 0. The molecule has 2 heterocycles. The second-order valence-corrected chi connectivity index (χ2v) is 4.09. The summed E-state index contributed by atoms with van der Waals surface area (Å²) in [6.07, 6.45) is 7.39. The SMILES string of the molecule is C1COC2(C1)CC[C@@H]1O[C@H]1C2. The average molecular weight is 154 g/mol. The van der Waals surface area contributed by atoms with Gasteiger partial charge >= 0.3 is 0 Å². The first-order chi connectivity index (χ1) is 5.38. The van der Waals surface area contributed by atoms with E-state index < -0.39 is 0 Å². The third-order valence-corrected chi connectivity index (χ3v) is 3.33. The van der Waals surface area contributed by atoms with Crippen molar-refractivity contribution in [3.8, 4) is 0 Å². The number of hydrogen-bond acceptors (Lipinski definition) is 2. The second-order valence-electron chi connectivity index (χ2n) is 4.09. The highest BCUT2D eigenvalue weighted by atomic mass is 16.6. The van der Waals surface area contributed by atoms with Crippen LogP contribution in [-0.4, -0.2) is 24.4 Å². The molecule has 11 heavy (non-hydrogen) atoms. The summed E-state index contributed by atoms with van der Waals surface area (Å²) < 4.78 is 11.3. The van der Waals surface area contributed by atoms with Crippen molar-refractivity contribution < 1.29 is 9.47 Å². The Balaban J connectivity index is 1.76. The highest BCUT2D eigenvalue weighted by Crippen LogP contribution is 2.47. The lowest BCUT2D eigenvalue weighted by molar-refractivity contribution is -0.0192. The molecule has 1 spiro atoms. The highest BCUT2D eigenvalue weighted by molar-refractivity contribution is 5.01. The van der Waals surface area contributed by atoms with Gasteiger partial charge in [0.2, 0.25) is 0 Å². The molecule has 3 atom stereocenters. The fourth-order valence-corrected chi connectivity index (χ4v) is 2.60. The van der Waals surface area contributed by atoms with E-state index in [-0.39, 0.29) is 5.60 Å². The minimum atomic E-state index is 0.262. The van der Waals surface area contributed by atoms with Crippen molar-refractivity contribution in [2.24, 2.45) is 0 Å². The molecular weight excluding hydrogens is 140 g/mol. The Morgan fingerprint density at radius 1 is 1.18 bits per heavy atom. The van der Waals surface area contributed by atoms with Gasteiger partial charge < -0.3 is 9.47 Å². The molecule has 0 N–H and O–H groups in total. The Morgan fingerprint density at radius 3 is 2.91 bits per heavy atom. The Bertz CT molecular complexity index is 172. The Kier molecular flexibility index (Phi) is 1.16. The second kappa shape index (κ2) is 1.99. The van der Waals surface area contributed by atoms with Gasteiger partial charge in [0.1, 0.15) is 0 Å². The lowest BCUT2D eigenvalue weighted by Gasteiger charge is -2.29. The standard InChI is InChI=1S/C9H14O2/c1-3-9(10-5-1)4-2-7-8(6-9)11-7/h7-8H,1-6H2/t7-,8-,9?/m0/s1. The van der Waals surface area contributed by atoms with Crippen LogP contribution in [0.25, 0.3) is 0 Å². The molecule has 2 heteroatoms. The van der Waals surface area contributed by atoms with Crippen molar-refractivity contribution >= 4 is 0 Å². The molecule has 2 saturated heterocycles. The number of ether oxygens (including phenoxy) is 2. The number of epoxide rings is 1. The summed E-state index contributed by atoms with van der Waals surface area (Å²) >= 11 is 0. The predicted molar refractivity (Wildman–Crippen MR) is 40.4 cm³/mol. The maximum atomic E-state index is 5.80. The van der Waals surface area contributed by atoms with Gasteiger partial charge in [-0.15, -0.1) is 0 Å². The number of rotatable bonds is 0. The molecule has 1 saturated carbocycles. The van der Waals surface area contributed by atoms with Gasteiger partial charge in [-0.05, 0) is 25.7 Å². The average Bonchev–Trinajstić information content (AvgIpc) is 2.63. The van der Waals surface area contributed by atoms with Crippen LogP contribution < -0.4 is 0 Å². The molecular formula is C9H14O2. The van der Waals surface area contributed by atoms with Gasteiger partial charge in [0.05, 0.1) is 17.8 Å². The van der Waals surface area contributed by atoms with E-state index in [1.807, 2.05) is 0 Å². The Morgan fingerprint density at radius 2 is 2.18 bits per heavy atom. The van der Waals surface area contributed by atoms with Crippen LogP contribution in [0.2, 0.25) is 0 Å². The largest absolute Gasteiger partial charge is 0.375 e. The van der Waals surface area contributed by atoms with Crippen LogP contribution in [0.15, 0.2) is 0 Å². The minimum Gasteiger partial charge on any atom is -0.375 e. The van der Waals surface area contributed by atoms with Gasteiger partial charge in [-0.3, -0.25) is 0 Å². The zero-order valence-corrected chi connectivity index (χ0v) is 6.71. The topological polar surface area (TPSA) is 21.8 Å². The highest BCUT2D eigenvalue weighted by Gasteiger charge is 2.52. The zero-order valence-electron chi connectivity index (χ0n) is 6.71. The molecule has 2 nitrogen and oxygen atoms in total. The maximum absolute atomic E-state index is 5.80. The van der Waals surface area contributed by atoms with Gasteiger partial charge in [0.15, 0.2) is 0 Å². The molecule has 0 aromatic carbocycles. The van der Waals surface area contributed by atoms with Gasteiger partial charge in [-0.25, -0.2) is 0 Å². The van der Waals surface area contributed by atoms with Crippen LogP contribution in [0.1, 0.15) is 32.1 Å². The van der Waals surface area contributed by atoms with Crippen LogP contribution in [-0.2, 0) is 9.47 Å². The maximum Gasteiger partial charge on any atom is 0.0869 e. The van der Waals surface area contributed by atoms with Crippen molar-refractivity contribution in [3.63, 3.8) is 0 Å². The molecule has 0 radical (unpaired) electrons. The van der Waals surface area contributed by atoms with E-state index in [1.165, 1.54) is 32.1 Å². The molecule has 0 bridgehead atoms. The van der Waals surface area contributed by atoms with E-state index in [4.69, 9.17) is 9.47 Å². The van der Waals surface area contributed by atoms with Gasteiger partial charge in [-0.2, -0.15) is 0 Å². The number of hydrogen-bond donors (Lipinski definition) is 0. The smallest absolute Gasteiger partial charge is 0.0869 e. The van der Waals surface area contributed by atoms with E-state index in [2.05, 4.69) is 0 Å². The quantitative estimate of drug-likeness (QED) is 0.493. The van der Waals surface area contributed by atoms with E-state index >= 15 is 0 Å². The van der Waals surface area contributed by atoms with E-state index in [9.17, 15) is 0 Å². The zero-order chi connectivity index (χ0) is 7.31. The van der Waals surface area contributed by atoms with Gasteiger partial charge in [0.25, 0.3) is 0 Å². The van der Waals surface area contributed by atoms with E-state index in [0.717, 1.165) is 6.61 Å². The molecule has 2 aliphatic heterocycles. The molecule has 3 aliphatic rings. The summed E-state index contributed by atoms with van der Waals surface area (Å²) in [5.41, 5.74) is 0.262. The van der Waals surface area contributed by atoms with Crippen LogP contribution in [0, 0.1) is 0 Å². The van der Waals surface area contributed by atoms with E-state index in [1.54, 1.807) is 0 Å². The fourth-order valence-electron chi connectivity index (χ4n) is 2.60. The molecule has 1 unspecified atom stereocenters. The molecule has 3 fully saturated rings. The fraction of sp³-hybridized carbons (Fsp3) is 1.00. The molecule has 1 aliphatic carbocycles. The van der Waals surface area contributed by atoms with Crippen molar-refractivity contribution in [1.82, 2.24) is 0 Å². The van der Waals surface area contributed by atoms with Gasteiger partial charge in [-0.1, -0.05) is 0 Å². The van der Waals surface area contributed by atoms with Crippen molar-refractivity contribution in [1.29, 1.82) is 0 Å². The van der Waals surface area contributed by atoms with Crippen molar-refractivity contribution in [2.75, 3.05) is 6.61 Å². The molecule has 62 valence electrons. The summed E-state index contributed by atoms with van der Waals surface area (Å²) in [7, 11) is 0. The van der Waals surface area contributed by atoms with E-state index in [0.29, 0.717) is 12.2 Å². The lowest BCUT2D eigenvalue weighted by atomic mass is 9.83. The Hall–Kier alpha value is -0.0800. The van der Waals surface area contributed by atoms with Crippen molar-refractivity contribution in [3.05, 3.63) is 0 Å².